The van der Waals surface area contributed by atoms with Crippen molar-refractivity contribution in [2.75, 3.05) is 17.3 Å². The summed E-state index contributed by atoms with van der Waals surface area (Å²) < 4.78 is 0. The Balaban J connectivity index is 2.05. The predicted molar refractivity (Wildman–Crippen MR) is 67.5 cm³/mol. The van der Waals surface area contributed by atoms with E-state index in [9.17, 15) is 5.11 Å². The maximum Gasteiger partial charge on any atom is 0.0931 e. The van der Waals surface area contributed by atoms with Gasteiger partial charge >= 0.3 is 0 Å². The van der Waals surface area contributed by atoms with Crippen LogP contribution in [0.5, 0.6) is 0 Å². The fraction of sp³-hybridized carbons (Fsp3) is 0.545. The standard InChI is InChI=1S/C11H15NOS2/c1-8-2-3-9(6-12-8)11(13)10-7-14-4-5-15-10/h2-3,6,10-11,13H,4-5,7H2,1H3. The largest absolute Gasteiger partial charge is 0.387 e. The molecule has 1 aliphatic rings. The Morgan fingerprint density at radius 3 is 2.93 bits per heavy atom. The lowest BCUT2D eigenvalue weighted by molar-refractivity contribution is 0.180. The molecule has 1 fully saturated rings. The highest BCUT2D eigenvalue weighted by Gasteiger charge is 2.23. The summed E-state index contributed by atoms with van der Waals surface area (Å²) in [4.78, 5) is 4.22. The second-order valence-electron chi connectivity index (χ2n) is 3.66. The first kappa shape index (κ1) is 11.3. The van der Waals surface area contributed by atoms with Gasteiger partial charge in [0.05, 0.1) is 6.10 Å². The molecular weight excluding hydrogens is 226 g/mol. The number of aliphatic hydroxyl groups is 1. The number of rotatable bonds is 2. The molecule has 1 N–H and O–H groups in total. The zero-order chi connectivity index (χ0) is 10.7. The normalized spacial score (nSPS) is 23.7. The maximum absolute atomic E-state index is 10.2. The SMILES string of the molecule is Cc1ccc(C(O)C2CSCCS2)cn1. The molecule has 1 aromatic heterocycles. The van der Waals surface area contributed by atoms with Crippen LogP contribution in [0.1, 0.15) is 17.4 Å². The van der Waals surface area contributed by atoms with Gasteiger partial charge in [-0.3, -0.25) is 4.98 Å². The van der Waals surface area contributed by atoms with E-state index < -0.39 is 0 Å². The van der Waals surface area contributed by atoms with Crippen LogP contribution < -0.4 is 0 Å². The van der Waals surface area contributed by atoms with E-state index in [0.29, 0.717) is 5.25 Å². The lowest BCUT2D eigenvalue weighted by Gasteiger charge is -2.25. The molecule has 2 heterocycles. The molecule has 0 aliphatic carbocycles. The van der Waals surface area contributed by atoms with Crippen LogP contribution in [-0.2, 0) is 0 Å². The van der Waals surface area contributed by atoms with Crippen LogP contribution in [0.25, 0.3) is 0 Å². The molecule has 4 heteroatoms. The topological polar surface area (TPSA) is 33.1 Å². The Morgan fingerprint density at radius 2 is 2.33 bits per heavy atom. The van der Waals surface area contributed by atoms with Gasteiger partial charge in [-0.15, -0.1) is 0 Å². The molecule has 2 nitrogen and oxygen atoms in total. The first-order valence-electron chi connectivity index (χ1n) is 5.07. The molecule has 0 bridgehead atoms. The van der Waals surface area contributed by atoms with Crippen molar-refractivity contribution in [3.05, 3.63) is 29.6 Å². The molecule has 0 amide bonds. The minimum absolute atomic E-state index is 0.327. The van der Waals surface area contributed by atoms with Gasteiger partial charge in [0.2, 0.25) is 0 Å². The van der Waals surface area contributed by atoms with E-state index in [0.717, 1.165) is 22.8 Å². The number of pyridine rings is 1. The average Bonchev–Trinajstić information content (AvgIpc) is 2.30. The minimum Gasteiger partial charge on any atom is -0.387 e. The van der Waals surface area contributed by atoms with E-state index in [2.05, 4.69) is 4.98 Å². The molecular formula is C11H15NOS2. The van der Waals surface area contributed by atoms with Gasteiger partial charge in [0.15, 0.2) is 0 Å². The summed E-state index contributed by atoms with van der Waals surface area (Å²) in [6.45, 7) is 1.96. The van der Waals surface area contributed by atoms with E-state index in [4.69, 9.17) is 0 Å². The van der Waals surface area contributed by atoms with Crippen LogP contribution in [0.15, 0.2) is 18.3 Å². The summed E-state index contributed by atoms with van der Waals surface area (Å²) in [7, 11) is 0. The highest BCUT2D eigenvalue weighted by molar-refractivity contribution is 8.06. The number of nitrogens with zero attached hydrogens (tertiary/aromatic N) is 1. The first-order chi connectivity index (χ1) is 7.27. The van der Waals surface area contributed by atoms with Gasteiger partial charge in [0.1, 0.15) is 0 Å². The van der Waals surface area contributed by atoms with Gasteiger partial charge in [-0.25, -0.2) is 0 Å². The maximum atomic E-state index is 10.2. The molecule has 1 aliphatic heterocycles. The lowest BCUT2D eigenvalue weighted by atomic mass is 10.1. The summed E-state index contributed by atoms with van der Waals surface area (Å²) in [5.74, 6) is 3.39. The Labute approximate surface area is 98.9 Å². The highest BCUT2D eigenvalue weighted by atomic mass is 32.2. The Kier molecular flexibility index (Phi) is 3.94. The molecule has 82 valence electrons. The lowest BCUT2D eigenvalue weighted by Crippen LogP contribution is -2.22. The molecule has 2 rings (SSSR count). The predicted octanol–water partition coefficient (Wildman–Crippen LogP) is 2.27. The molecule has 15 heavy (non-hydrogen) atoms. The van der Waals surface area contributed by atoms with E-state index >= 15 is 0 Å². The van der Waals surface area contributed by atoms with Gasteiger partial charge in [0.25, 0.3) is 0 Å². The molecule has 1 saturated heterocycles. The van der Waals surface area contributed by atoms with E-state index in [-0.39, 0.29) is 6.10 Å². The van der Waals surface area contributed by atoms with Crippen LogP contribution in [0.4, 0.5) is 0 Å². The monoisotopic (exact) mass is 241 g/mol. The Hall–Kier alpha value is -0.190. The van der Waals surface area contributed by atoms with Crippen molar-refractivity contribution in [1.29, 1.82) is 0 Å². The number of aromatic nitrogens is 1. The molecule has 0 spiro atoms. The summed E-state index contributed by atoms with van der Waals surface area (Å²) in [5.41, 5.74) is 1.94. The molecule has 2 unspecified atom stereocenters. The summed E-state index contributed by atoms with van der Waals surface area (Å²) in [6.07, 6.45) is 1.43. The summed E-state index contributed by atoms with van der Waals surface area (Å²) in [5, 5.41) is 10.5. The van der Waals surface area contributed by atoms with E-state index in [1.165, 1.54) is 5.75 Å². The fourth-order valence-corrected chi connectivity index (χ4v) is 4.31. The molecule has 0 saturated carbocycles. The first-order valence-corrected chi connectivity index (χ1v) is 7.27. The number of hydrogen-bond donors (Lipinski definition) is 1. The second kappa shape index (κ2) is 5.23. The van der Waals surface area contributed by atoms with Crippen LogP contribution in [0, 0.1) is 6.92 Å². The molecule has 0 radical (unpaired) electrons. The third-order valence-electron chi connectivity index (χ3n) is 2.47. The van der Waals surface area contributed by atoms with Crippen LogP contribution >= 0.6 is 23.5 Å². The quantitative estimate of drug-likeness (QED) is 0.861. The molecule has 1 aromatic rings. The third kappa shape index (κ3) is 2.89. The van der Waals surface area contributed by atoms with Crippen molar-refractivity contribution < 1.29 is 5.11 Å². The molecule has 2 atom stereocenters. The number of thioether (sulfide) groups is 2. The fourth-order valence-electron chi connectivity index (χ4n) is 1.56. The van der Waals surface area contributed by atoms with Crippen LogP contribution in [0.3, 0.4) is 0 Å². The smallest absolute Gasteiger partial charge is 0.0931 e. The van der Waals surface area contributed by atoms with Gasteiger partial charge < -0.3 is 5.11 Å². The Bertz CT molecular complexity index is 309. The van der Waals surface area contributed by atoms with Crippen molar-refractivity contribution in [3.63, 3.8) is 0 Å². The highest BCUT2D eigenvalue weighted by Crippen LogP contribution is 2.33. The summed E-state index contributed by atoms with van der Waals surface area (Å²) in [6, 6.07) is 3.94. The van der Waals surface area contributed by atoms with Crippen molar-refractivity contribution in [1.82, 2.24) is 4.98 Å². The second-order valence-corrected chi connectivity index (χ2v) is 6.16. The van der Waals surface area contributed by atoms with Gasteiger partial charge in [0, 0.05) is 34.4 Å². The van der Waals surface area contributed by atoms with Gasteiger partial charge in [-0.2, -0.15) is 23.5 Å². The van der Waals surface area contributed by atoms with Crippen molar-refractivity contribution in [2.45, 2.75) is 18.3 Å². The molecule has 0 aromatic carbocycles. The third-order valence-corrected chi connectivity index (χ3v) is 5.32. The number of hydrogen-bond acceptors (Lipinski definition) is 4. The number of aryl methyl sites for hydroxylation is 1. The van der Waals surface area contributed by atoms with Crippen molar-refractivity contribution in [2.24, 2.45) is 0 Å². The van der Waals surface area contributed by atoms with Crippen LogP contribution in [-0.4, -0.2) is 32.6 Å². The zero-order valence-electron chi connectivity index (χ0n) is 8.72. The zero-order valence-corrected chi connectivity index (χ0v) is 10.4. The summed E-state index contributed by atoms with van der Waals surface area (Å²) >= 11 is 3.80. The van der Waals surface area contributed by atoms with Gasteiger partial charge in [-0.1, -0.05) is 6.07 Å². The average molecular weight is 241 g/mol. The Morgan fingerprint density at radius 1 is 1.47 bits per heavy atom. The van der Waals surface area contributed by atoms with Crippen LogP contribution in [0.2, 0.25) is 0 Å². The minimum atomic E-state index is -0.365. The van der Waals surface area contributed by atoms with Gasteiger partial charge in [-0.05, 0) is 18.6 Å². The number of aliphatic hydroxyl groups excluding tert-OH is 1. The van der Waals surface area contributed by atoms with Crippen molar-refractivity contribution >= 4 is 23.5 Å². The van der Waals surface area contributed by atoms with Crippen molar-refractivity contribution in [3.8, 4) is 0 Å². The van der Waals surface area contributed by atoms with E-state index in [1.807, 2.05) is 42.6 Å². The van der Waals surface area contributed by atoms with E-state index in [1.54, 1.807) is 6.20 Å².